The fourth-order valence-corrected chi connectivity index (χ4v) is 6.30. The quantitative estimate of drug-likeness (QED) is 0.541. The Morgan fingerprint density at radius 1 is 0.842 bits per heavy atom. The van der Waals surface area contributed by atoms with Crippen molar-refractivity contribution in [2.45, 2.75) is 25.7 Å². The summed E-state index contributed by atoms with van der Waals surface area (Å²) in [7, 11) is 0. The summed E-state index contributed by atoms with van der Waals surface area (Å²) in [6, 6.07) is 11.2. The molecule has 1 aromatic rings. The normalized spacial score (nSPS) is 48.9. The molecule has 0 radical (unpaired) electrons. The lowest BCUT2D eigenvalue weighted by Crippen LogP contribution is -2.31. The average molecular weight is 250 g/mol. The number of fused-ring (bicyclic) bond motifs is 9. The van der Waals surface area contributed by atoms with Crippen molar-refractivity contribution in [1.29, 1.82) is 0 Å². The Balaban J connectivity index is 1.40. The summed E-state index contributed by atoms with van der Waals surface area (Å²) >= 11 is 0. The molecule has 4 aliphatic carbocycles. The molecule has 7 atom stereocenters. The van der Waals surface area contributed by atoms with Gasteiger partial charge < -0.3 is 0 Å². The molecule has 0 nitrogen and oxygen atoms in total. The average Bonchev–Trinajstić information content (AvgIpc) is 3.18. The molecule has 0 spiro atoms. The zero-order chi connectivity index (χ0) is 12.4. The van der Waals surface area contributed by atoms with E-state index in [0.717, 1.165) is 41.4 Å². The van der Waals surface area contributed by atoms with Gasteiger partial charge in [0, 0.05) is 0 Å². The first-order valence-corrected chi connectivity index (χ1v) is 8.12. The Bertz CT molecular complexity index is 514. The van der Waals surface area contributed by atoms with E-state index in [1.54, 1.807) is 12.0 Å². The Hall–Kier alpha value is -1.04. The molecule has 0 amide bonds. The first kappa shape index (κ1) is 10.7. The van der Waals surface area contributed by atoms with Crippen molar-refractivity contribution in [3.8, 4) is 0 Å². The standard InChI is InChI=1S/C19H22/c1-2-4-12(5-3-1)8-15-10-16-11-17(15)19-14-7-6-13(9-14)18(16)19/h1-7,13-19H,8-11H2. The molecule has 0 heteroatoms. The molecule has 19 heavy (non-hydrogen) atoms. The van der Waals surface area contributed by atoms with Gasteiger partial charge in [-0.25, -0.2) is 0 Å². The highest BCUT2D eigenvalue weighted by Gasteiger charge is 2.60. The van der Waals surface area contributed by atoms with E-state index in [-0.39, 0.29) is 0 Å². The van der Waals surface area contributed by atoms with Crippen LogP contribution in [0.2, 0.25) is 0 Å². The summed E-state index contributed by atoms with van der Waals surface area (Å²) in [5.74, 6) is 7.21. The van der Waals surface area contributed by atoms with E-state index >= 15 is 0 Å². The topological polar surface area (TPSA) is 0 Å². The van der Waals surface area contributed by atoms with Crippen LogP contribution in [-0.2, 0) is 6.42 Å². The van der Waals surface area contributed by atoms with Gasteiger partial charge in [-0.2, -0.15) is 0 Å². The molecule has 0 heterocycles. The van der Waals surface area contributed by atoms with Crippen molar-refractivity contribution in [3.05, 3.63) is 48.0 Å². The monoisotopic (exact) mass is 250 g/mol. The van der Waals surface area contributed by atoms with Gasteiger partial charge >= 0.3 is 0 Å². The minimum Gasteiger partial charge on any atom is -0.0848 e. The van der Waals surface area contributed by atoms with Crippen molar-refractivity contribution in [3.63, 3.8) is 0 Å². The molecule has 1 aromatic carbocycles. The van der Waals surface area contributed by atoms with Crippen LogP contribution < -0.4 is 0 Å². The van der Waals surface area contributed by atoms with Gasteiger partial charge in [0.05, 0.1) is 0 Å². The Labute approximate surface area is 115 Å². The zero-order valence-corrected chi connectivity index (χ0v) is 11.4. The van der Waals surface area contributed by atoms with Gasteiger partial charge in [-0.05, 0) is 72.7 Å². The molecule has 0 saturated heterocycles. The number of hydrogen-bond acceptors (Lipinski definition) is 0. The van der Waals surface area contributed by atoms with E-state index < -0.39 is 0 Å². The molecule has 4 aliphatic rings. The largest absolute Gasteiger partial charge is 0.0848 e. The highest BCUT2D eigenvalue weighted by molar-refractivity contribution is 5.22. The minimum atomic E-state index is 0.962. The maximum absolute atomic E-state index is 2.56. The fraction of sp³-hybridized carbons (Fsp3) is 0.579. The summed E-state index contributed by atoms with van der Waals surface area (Å²) < 4.78 is 0. The van der Waals surface area contributed by atoms with Gasteiger partial charge in [0.1, 0.15) is 0 Å². The maximum Gasteiger partial charge on any atom is -0.0194 e. The van der Waals surface area contributed by atoms with Gasteiger partial charge in [-0.3, -0.25) is 0 Å². The number of hydrogen-bond donors (Lipinski definition) is 0. The van der Waals surface area contributed by atoms with Crippen LogP contribution in [0.4, 0.5) is 0 Å². The second-order valence-corrected chi connectivity index (χ2v) is 7.45. The van der Waals surface area contributed by atoms with Crippen LogP contribution in [0, 0.1) is 41.4 Å². The van der Waals surface area contributed by atoms with E-state index in [4.69, 9.17) is 0 Å². The molecular formula is C19H22. The summed E-state index contributed by atoms with van der Waals surface area (Å²) in [5, 5.41) is 0. The van der Waals surface area contributed by atoms with E-state index in [1.807, 2.05) is 0 Å². The number of rotatable bonds is 2. The molecular weight excluding hydrogens is 228 g/mol. The Morgan fingerprint density at radius 3 is 2.47 bits per heavy atom. The van der Waals surface area contributed by atoms with Crippen LogP contribution in [0.25, 0.3) is 0 Å². The van der Waals surface area contributed by atoms with Gasteiger partial charge in [0.15, 0.2) is 0 Å². The van der Waals surface area contributed by atoms with Crippen molar-refractivity contribution in [2.75, 3.05) is 0 Å². The van der Waals surface area contributed by atoms with Gasteiger partial charge in [-0.1, -0.05) is 42.5 Å². The fourth-order valence-electron chi connectivity index (χ4n) is 6.30. The number of benzene rings is 1. The molecule has 3 saturated carbocycles. The molecule has 98 valence electrons. The second-order valence-electron chi connectivity index (χ2n) is 7.45. The van der Waals surface area contributed by atoms with Crippen molar-refractivity contribution in [1.82, 2.24) is 0 Å². The predicted molar refractivity (Wildman–Crippen MR) is 77.6 cm³/mol. The molecule has 3 fully saturated rings. The minimum absolute atomic E-state index is 0.962. The van der Waals surface area contributed by atoms with Crippen molar-refractivity contribution < 1.29 is 0 Å². The Morgan fingerprint density at radius 2 is 1.63 bits per heavy atom. The SMILES string of the molecule is C1=CC2CC1C1C3CC(Cc4ccccc4)C(C3)C21. The third-order valence-electron chi connectivity index (χ3n) is 6.75. The molecule has 0 aromatic heterocycles. The summed E-state index contributed by atoms with van der Waals surface area (Å²) in [4.78, 5) is 0. The predicted octanol–water partition coefficient (Wildman–Crippen LogP) is 4.32. The van der Waals surface area contributed by atoms with Gasteiger partial charge in [0.25, 0.3) is 0 Å². The van der Waals surface area contributed by atoms with Crippen LogP contribution >= 0.6 is 0 Å². The molecule has 5 rings (SSSR count). The van der Waals surface area contributed by atoms with Crippen LogP contribution in [0.1, 0.15) is 24.8 Å². The smallest absolute Gasteiger partial charge is 0.0194 e. The van der Waals surface area contributed by atoms with Crippen LogP contribution in [-0.4, -0.2) is 0 Å². The van der Waals surface area contributed by atoms with Crippen LogP contribution in [0.5, 0.6) is 0 Å². The number of allylic oxidation sites excluding steroid dienone is 2. The van der Waals surface area contributed by atoms with Crippen LogP contribution in [0.15, 0.2) is 42.5 Å². The lowest BCUT2D eigenvalue weighted by Gasteiger charge is -2.36. The van der Waals surface area contributed by atoms with E-state index in [2.05, 4.69) is 42.5 Å². The molecule has 7 unspecified atom stereocenters. The molecule has 0 aliphatic heterocycles. The van der Waals surface area contributed by atoms with E-state index in [9.17, 15) is 0 Å². The summed E-state index contributed by atoms with van der Waals surface area (Å²) in [6.07, 6.45) is 11.0. The van der Waals surface area contributed by atoms with Crippen LogP contribution in [0.3, 0.4) is 0 Å². The molecule has 4 bridgehead atoms. The third-order valence-corrected chi connectivity index (χ3v) is 6.75. The molecule has 0 N–H and O–H groups in total. The van der Waals surface area contributed by atoms with Gasteiger partial charge in [0.2, 0.25) is 0 Å². The van der Waals surface area contributed by atoms with Crippen molar-refractivity contribution in [2.24, 2.45) is 41.4 Å². The lowest BCUT2D eigenvalue weighted by atomic mass is 9.68. The Kier molecular flexibility index (Phi) is 2.11. The second kappa shape index (κ2) is 3.75. The highest BCUT2D eigenvalue weighted by atomic mass is 14.6. The summed E-state index contributed by atoms with van der Waals surface area (Å²) in [5.41, 5.74) is 1.57. The lowest BCUT2D eigenvalue weighted by molar-refractivity contribution is 0.150. The first-order valence-electron chi connectivity index (χ1n) is 8.12. The third kappa shape index (κ3) is 1.41. The highest BCUT2D eigenvalue weighted by Crippen LogP contribution is 2.67. The first-order chi connectivity index (χ1) is 9.40. The van der Waals surface area contributed by atoms with Gasteiger partial charge in [-0.15, -0.1) is 0 Å². The maximum atomic E-state index is 2.56. The summed E-state index contributed by atoms with van der Waals surface area (Å²) in [6.45, 7) is 0. The van der Waals surface area contributed by atoms with E-state index in [1.165, 1.54) is 19.3 Å². The van der Waals surface area contributed by atoms with E-state index in [0.29, 0.717) is 0 Å². The van der Waals surface area contributed by atoms with Crippen molar-refractivity contribution >= 4 is 0 Å². The zero-order valence-electron chi connectivity index (χ0n) is 11.4.